The molecule has 0 aliphatic carbocycles. The van der Waals surface area contributed by atoms with E-state index in [1.165, 1.54) is 4.31 Å². The van der Waals surface area contributed by atoms with E-state index < -0.39 is 10.0 Å². The van der Waals surface area contributed by atoms with Crippen molar-refractivity contribution in [1.29, 1.82) is 5.41 Å². The fraction of sp³-hybridized carbons (Fsp3) is 0.400. The summed E-state index contributed by atoms with van der Waals surface area (Å²) in [7, 11) is -3.31. The fourth-order valence-electron chi connectivity index (χ4n) is 1.30. The highest BCUT2D eigenvalue weighted by atomic mass is 32.2. The van der Waals surface area contributed by atoms with Crippen LogP contribution in [-0.4, -0.2) is 36.3 Å². The molecule has 0 saturated carbocycles. The number of hydrogen-bond donors (Lipinski definition) is 2. The largest absolute Gasteiger partial charge is 0.388 e. The molecule has 94 valence electrons. The number of sulfonamides is 1. The summed E-state index contributed by atoms with van der Waals surface area (Å²) in [5.41, 5.74) is 6.03. The van der Waals surface area contributed by atoms with E-state index in [0.29, 0.717) is 0 Å². The van der Waals surface area contributed by atoms with Gasteiger partial charge in [-0.15, -0.1) is 0 Å². The molecule has 1 rings (SSSR count). The summed E-state index contributed by atoms with van der Waals surface area (Å²) in [6.07, 6.45) is 4.62. The van der Waals surface area contributed by atoms with Crippen molar-refractivity contribution in [2.45, 2.75) is 13.0 Å². The molecule has 3 N–H and O–H groups in total. The van der Waals surface area contributed by atoms with Crippen molar-refractivity contribution in [2.75, 3.05) is 12.8 Å². The van der Waals surface area contributed by atoms with E-state index in [4.69, 9.17) is 11.1 Å². The van der Waals surface area contributed by atoms with Crippen LogP contribution in [0.15, 0.2) is 24.5 Å². The van der Waals surface area contributed by atoms with Crippen LogP contribution in [0.2, 0.25) is 0 Å². The molecule has 17 heavy (non-hydrogen) atoms. The van der Waals surface area contributed by atoms with Crippen LogP contribution in [-0.2, 0) is 16.6 Å². The normalized spacial score (nSPS) is 11.6. The Labute approximate surface area is 101 Å². The molecular formula is C10H16N4O2S. The predicted octanol–water partition coefficient (Wildman–Crippen LogP) is 0.169. The number of aromatic nitrogens is 1. The van der Waals surface area contributed by atoms with Gasteiger partial charge in [0.15, 0.2) is 0 Å². The van der Waals surface area contributed by atoms with Gasteiger partial charge in [-0.05, 0) is 11.6 Å². The first-order chi connectivity index (χ1) is 7.89. The topological polar surface area (TPSA) is 100 Å². The minimum Gasteiger partial charge on any atom is -0.388 e. The Morgan fingerprint density at radius 3 is 2.76 bits per heavy atom. The molecule has 0 radical (unpaired) electrons. The highest BCUT2D eigenvalue weighted by Crippen LogP contribution is 2.07. The lowest BCUT2D eigenvalue weighted by molar-refractivity contribution is 0.418. The monoisotopic (exact) mass is 256 g/mol. The molecule has 0 aromatic carbocycles. The average Bonchev–Trinajstić information content (AvgIpc) is 2.23. The molecule has 1 aromatic heterocycles. The van der Waals surface area contributed by atoms with Gasteiger partial charge in [0.25, 0.3) is 0 Å². The summed E-state index contributed by atoms with van der Waals surface area (Å²) in [5, 5.41) is 7.12. The molecule has 0 atom stereocenters. The summed E-state index contributed by atoms with van der Waals surface area (Å²) in [6.45, 7) is 0.461. The molecule has 0 amide bonds. The number of pyridine rings is 1. The highest BCUT2D eigenvalue weighted by Gasteiger charge is 2.16. The first kappa shape index (κ1) is 13.6. The molecule has 0 aliphatic rings. The summed E-state index contributed by atoms with van der Waals surface area (Å²) < 4.78 is 24.4. The Hall–Kier alpha value is -1.47. The summed E-state index contributed by atoms with van der Waals surface area (Å²) in [6, 6.07) is 3.56. The summed E-state index contributed by atoms with van der Waals surface area (Å²) in [4.78, 5) is 3.93. The Morgan fingerprint density at radius 1 is 1.59 bits per heavy atom. The van der Waals surface area contributed by atoms with Crippen LogP contribution >= 0.6 is 0 Å². The summed E-state index contributed by atoms with van der Waals surface area (Å²) >= 11 is 0. The van der Waals surface area contributed by atoms with E-state index >= 15 is 0 Å². The van der Waals surface area contributed by atoms with Crippen LogP contribution in [0.25, 0.3) is 0 Å². The minimum atomic E-state index is -3.31. The highest BCUT2D eigenvalue weighted by molar-refractivity contribution is 7.88. The third kappa shape index (κ3) is 4.92. The van der Waals surface area contributed by atoms with E-state index in [1.807, 2.05) is 0 Å². The molecule has 6 nitrogen and oxygen atoms in total. The molecule has 0 fully saturated rings. The van der Waals surface area contributed by atoms with Crippen LogP contribution in [0.5, 0.6) is 0 Å². The van der Waals surface area contributed by atoms with Gasteiger partial charge in [-0.3, -0.25) is 10.4 Å². The van der Waals surface area contributed by atoms with Crippen molar-refractivity contribution in [3.63, 3.8) is 0 Å². The molecule has 1 heterocycles. The van der Waals surface area contributed by atoms with Crippen LogP contribution in [0.1, 0.15) is 12.0 Å². The second kappa shape index (κ2) is 5.74. The zero-order valence-corrected chi connectivity index (χ0v) is 10.4. The second-order valence-corrected chi connectivity index (χ2v) is 5.72. The van der Waals surface area contributed by atoms with Gasteiger partial charge in [-0.2, -0.15) is 4.31 Å². The van der Waals surface area contributed by atoms with Gasteiger partial charge in [0, 0.05) is 31.9 Å². The fourth-order valence-corrected chi connectivity index (χ4v) is 2.11. The van der Waals surface area contributed by atoms with E-state index in [9.17, 15) is 8.42 Å². The Bertz CT molecular complexity index is 472. The maximum absolute atomic E-state index is 11.5. The van der Waals surface area contributed by atoms with Gasteiger partial charge in [-0.25, -0.2) is 8.42 Å². The first-order valence-corrected chi connectivity index (χ1v) is 6.91. The third-order valence-corrected chi connectivity index (χ3v) is 3.43. The van der Waals surface area contributed by atoms with Crippen molar-refractivity contribution >= 4 is 15.9 Å². The van der Waals surface area contributed by atoms with Crippen molar-refractivity contribution < 1.29 is 8.42 Å². The van der Waals surface area contributed by atoms with Crippen LogP contribution in [0.4, 0.5) is 0 Å². The van der Waals surface area contributed by atoms with Gasteiger partial charge in [-0.1, -0.05) is 6.07 Å². The molecule has 1 aromatic rings. The van der Waals surface area contributed by atoms with Gasteiger partial charge < -0.3 is 5.73 Å². The maximum atomic E-state index is 11.5. The standard InChI is InChI=1S/C10H16N4O2S/c1-17(15,16)14(6-4-10(11)12)8-9-3-2-5-13-7-9/h2-3,5,7H,4,6,8H2,1H3,(H3,11,12). The second-order valence-electron chi connectivity index (χ2n) is 3.73. The van der Waals surface area contributed by atoms with Gasteiger partial charge in [0.2, 0.25) is 10.0 Å². The van der Waals surface area contributed by atoms with E-state index in [0.717, 1.165) is 11.8 Å². The predicted molar refractivity (Wildman–Crippen MR) is 66.0 cm³/mol. The van der Waals surface area contributed by atoms with Gasteiger partial charge in [0.05, 0.1) is 12.1 Å². The van der Waals surface area contributed by atoms with Crippen molar-refractivity contribution in [1.82, 2.24) is 9.29 Å². The molecule has 0 aliphatic heterocycles. The number of nitrogens with one attached hydrogen (secondary N) is 1. The van der Waals surface area contributed by atoms with Crippen LogP contribution < -0.4 is 5.73 Å². The van der Waals surface area contributed by atoms with Crippen LogP contribution in [0.3, 0.4) is 0 Å². The van der Waals surface area contributed by atoms with Crippen LogP contribution in [0, 0.1) is 5.41 Å². The van der Waals surface area contributed by atoms with E-state index in [2.05, 4.69) is 4.98 Å². The van der Waals surface area contributed by atoms with Crippen molar-refractivity contribution in [2.24, 2.45) is 5.73 Å². The molecule has 0 saturated heterocycles. The molecule has 7 heteroatoms. The van der Waals surface area contributed by atoms with Crippen molar-refractivity contribution in [3.05, 3.63) is 30.1 Å². The number of rotatable bonds is 6. The molecular weight excluding hydrogens is 240 g/mol. The van der Waals surface area contributed by atoms with Crippen molar-refractivity contribution in [3.8, 4) is 0 Å². The zero-order valence-electron chi connectivity index (χ0n) is 9.63. The molecule has 0 bridgehead atoms. The first-order valence-electron chi connectivity index (χ1n) is 5.06. The number of hydrogen-bond acceptors (Lipinski definition) is 4. The number of nitrogens with zero attached hydrogens (tertiary/aromatic N) is 2. The Balaban J connectivity index is 2.75. The maximum Gasteiger partial charge on any atom is 0.211 e. The van der Waals surface area contributed by atoms with E-state index in [-0.39, 0.29) is 25.3 Å². The number of nitrogens with two attached hydrogens (primary N) is 1. The third-order valence-electron chi connectivity index (χ3n) is 2.18. The smallest absolute Gasteiger partial charge is 0.211 e. The quantitative estimate of drug-likeness (QED) is 0.559. The molecule has 0 spiro atoms. The van der Waals surface area contributed by atoms with Gasteiger partial charge in [0.1, 0.15) is 0 Å². The Kier molecular flexibility index (Phi) is 4.59. The lowest BCUT2D eigenvalue weighted by atomic mass is 10.3. The number of amidine groups is 1. The average molecular weight is 256 g/mol. The summed E-state index contributed by atoms with van der Waals surface area (Å²) in [5.74, 6) is -0.0233. The zero-order chi connectivity index (χ0) is 12.9. The molecule has 0 unspecified atom stereocenters. The van der Waals surface area contributed by atoms with E-state index in [1.54, 1.807) is 24.5 Å². The minimum absolute atomic E-state index is 0.0233. The SMILES string of the molecule is CS(=O)(=O)N(CCC(=N)N)Cc1cccnc1. The van der Waals surface area contributed by atoms with Gasteiger partial charge >= 0.3 is 0 Å². The lowest BCUT2D eigenvalue weighted by Gasteiger charge is -2.19. The lowest BCUT2D eigenvalue weighted by Crippen LogP contribution is -2.32. The Morgan fingerprint density at radius 2 is 2.29 bits per heavy atom.